The summed E-state index contributed by atoms with van der Waals surface area (Å²) in [7, 11) is 2.12. The highest BCUT2D eigenvalue weighted by molar-refractivity contribution is 9.10. The molecular weight excluding hydrogens is 460 g/mol. The fourth-order valence-electron chi connectivity index (χ4n) is 3.67. The molecule has 0 radical (unpaired) electrons. The van der Waals surface area contributed by atoms with Crippen molar-refractivity contribution in [2.75, 3.05) is 38.1 Å². The fraction of sp³-hybridized carbons (Fsp3) is 0.364. The third kappa shape index (κ3) is 5.11. The second-order valence-electron chi connectivity index (χ2n) is 7.71. The topological polar surface area (TPSA) is 83.4 Å². The van der Waals surface area contributed by atoms with Crippen molar-refractivity contribution in [2.24, 2.45) is 0 Å². The van der Waals surface area contributed by atoms with Gasteiger partial charge in [-0.25, -0.2) is 9.97 Å². The number of pyridine rings is 1. The number of nitrogens with zero attached hydrogens (tertiary/aromatic N) is 5. The summed E-state index contributed by atoms with van der Waals surface area (Å²) < 4.78 is 2.30. The summed E-state index contributed by atoms with van der Waals surface area (Å²) in [5.74, 6) is 0.811. The molecule has 1 fully saturated rings. The van der Waals surface area contributed by atoms with Crippen LogP contribution in [0.3, 0.4) is 0 Å². The van der Waals surface area contributed by atoms with Crippen LogP contribution < -0.4 is 15.8 Å². The molecule has 162 valence electrons. The number of nitrogens with one attached hydrogen (secondary N) is 1. The minimum atomic E-state index is -0.149. The number of aromatic nitrogens is 3. The number of piperazine rings is 1. The first-order valence-electron chi connectivity index (χ1n) is 10.3. The molecule has 8 nitrogen and oxygen atoms in total. The van der Waals surface area contributed by atoms with Crippen molar-refractivity contribution in [1.82, 2.24) is 24.8 Å². The van der Waals surface area contributed by atoms with Gasteiger partial charge in [0.1, 0.15) is 5.82 Å². The minimum absolute atomic E-state index is 0.116. The summed E-state index contributed by atoms with van der Waals surface area (Å²) in [6.07, 6.45) is 3.49. The van der Waals surface area contributed by atoms with Crippen molar-refractivity contribution in [3.8, 4) is 0 Å². The van der Waals surface area contributed by atoms with Crippen molar-refractivity contribution in [3.63, 3.8) is 0 Å². The van der Waals surface area contributed by atoms with Crippen LogP contribution in [0, 0.1) is 0 Å². The maximum absolute atomic E-state index is 12.7. The number of fused-ring (bicyclic) bond motifs is 1. The van der Waals surface area contributed by atoms with E-state index in [0.717, 1.165) is 42.0 Å². The zero-order valence-electron chi connectivity index (χ0n) is 17.4. The molecule has 2 aromatic heterocycles. The zero-order valence-corrected chi connectivity index (χ0v) is 19.0. The Morgan fingerprint density at radius 1 is 1.16 bits per heavy atom. The van der Waals surface area contributed by atoms with Gasteiger partial charge in [-0.2, -0.15) is 0 Å². The van der Waals surface area contributed by atoms with Crippen molar-refractivity contribution in [3.05, 3.63) is 63.2 Å². The lowest BCUT2D eigenvalue weighted by atomic mass is 10.2. The van der Waals surface area contributed by atoms with Crippen LogP contribution in [0.5, 0.6) is 0 Å². The van der Waals surface area contributed by atoms with Gasteiger partial charge in [0.05, 0.1) is 17.2 Å². The highest BCUT2D eigenvalue weighted by Gasteiger charge is 2.18. The van der Waals surface area contributed by atoms with E-state index in [1.807, 2.05) is 18.2 Å². The van der Waals surface area contributed by atoms with Crippen molar-refractivity contribution in [2.45, 2.75) is 19.5 Å². The van der Waals surface area contributed by atoms with Crippen LogP contribution in [-0.4, -0.2) is 58.6 Å². The zero-order chi connectivity index (χ0) is 21.8. The number of likely N-dealkylation sites (N-methyl/N-ethyl adjacent to an activating group) is 1. The number of hydrogen-bond acceptors (Lipinski definition) is 6. The average Bonchev–Trinajstić information content (AvgIpc) is 2.78. The molecule has 0 spiro atoms. The van der Waals surface area contributed by atoms with Crippen LogP contribution in [0.15, 0.2) is 52.1 Å². The van der Waals surface area contributed by atoms with Gasteiger partial charge in [0.15, 0.2) is 0 Å². The Labute approximate surface area is 189 Å². The third-order valence-electron chi connectivity index (χ3n) is 5.51. The molecule has 1 aromatic carbocycles. The molecular formula is C22H25BrN6O2. The average molecular weight is 485 g/mol. The summed E-state index contributed by atoms with van der Waals surface area (Å²) >= 11 is 3.38. The molecule has 3 heterocycles. The van der Waals surface area contributed by atoms with Crippen molar-refractivity contribution in [1.29, 1.82) is 0 Å². The van der Waals surface area contributed by atoms with Crippen LogP contribution in [0.1, 0.15) is 12.0 Å². The summed E-state index contributed by atoms with van der Waals surface area (Å²) in [5, 5.41) is 3.50. The van der Waals surface area contributed by atoms with Crippen LogP contribution in [0.4, 0.5) is 5.82 Å². The molecule has 1 N–H and O–H groups in total. The molecule has 9 heteroatoms. The standard InChI is InChI=1S/C22H25BrN6O2/c1-27-9-11-28(12-10-27)21-16(3-2-7-24-21)14-25-20(30)6-8-29-15-26-19-5-4-17(23)13-18(19)22(29)31/h2-5,7,13,15H,6,8-12,14H2,1H3,(H,25,30). The molecule has 4 rings (SSSR count). The maximum Gasteiger partial charge on any atom is 0.261 e. The molecule has 1 aliphatic heterocycles. The van der Waals surface area contributed by atoms with Gasteiger partial charge < -0.3 is 15.1 Å². The first-order chi connectivity index (χ1) is 15.0. The van der Waals surface area contributed by atoms with Crippen LogP contribution in [0.2, 0.25) is 0 Å². The number of aryl methyl sites for hydroxylation is 1. The second kappa shape index (κ2) is 9.57. The van der Waals surface area contributed by atoms with Gasteiger partial charge in [0.25, 0.3) is 5.56 Å². The summed E-state index contributed by atoms with van der Waals surface area (Å²) in [4.78, 5) is 38.5. The van der Waals surface area contributed by atoms with Gasteiger partial charge in [-0.05, 0) is 31.3 Å². The van der Waals surface area contributed by atoms with Gasteiger partial charge >= 0.3 is 0 Å². The highest BCUT2D eigenvalue weighted by atomic mass is 79.9. The Kier molecular flexibility index (Phi) is 6.62. The molecule has 1 saturated heterocycles. The predicted octanol–water partition coefficient (Wildman–Crippen LogP) is 2.01. The monoisotopic (exact) mass is 484 g/mol. The number of halogens is 1. The van der Waals surface area contributed by atoms with Crippen LogP contribution in [-0.2, 0) is 17.9 Å². The fourth-order valence-corrected chi connectivity index (χ4v) is 4.03. The van der Waals surface area contributed by atoms with Crippen LogP contribution in [0.25, 0.3) is 10.9 Å². The van der Waals surface area contributed by atoms with E-state index in [-0.39, 0.29) is 24.4 Å². The number of hydrogen-bond donors (Lipinski definition) is 1. The highest BCUT2D eigenvalue weighted by Crippen LogP contribution is 2.19. The Hall–Kier alpha value is -2.78. The van der Waals surface area contributed by atoms with Crippen molar-refractivity contribution < 1.29 is 4.79 Å². The molecule has 0 aliphatic carbocycles. The largest absolute Gasteiger partial charge is 0.354 e. The number of anilines is 1. The molecule has 0 unspecified atom stereocenters. The molecule has 0 saturated carbocycles. The molecule has 1 amide bonds. The first kappa shape index (κ1) is 21.5. The number of amides is 1. The van der Waals surface area contributed by atoms with E-state index in [1.165, 1.54) is 10.9 Å². The quantitative estimate of drug-likeness (QED) is 0.576. The van der Waals surface area contributed by atoms with E-state index in [2.05, 4.69) is 48.1 Å². The summed E-state index contributed by atoms with van der Waals surface area (Å²) in [5.41, 5.74) is 1.49. The van der Waals surface area contributed by atoms with E-state index < -0.39 is 0 Å². The van der Waals surface area contributed by atoms with Gasteiger partial charge in [0.2, 0.25) is 5.91 Å². The van der Waals surface area contributed by atoms with E-state index in [1.54, 1.807) is 18.3 Å². The molecule has 0 atom stereocenters. The first-order valence-corrected chi connectivity index (χ1v) is 11.1. The lowest BCUT2D eigenvalue weighted by molar-refractivity contribution is -0.121. The second-order valence-corrected chi connectivity index (χ2v) is 8.62. The van der Waals surface area contributed by atoms with Gasteiger partial charge in [-0.1, -0.05) is 22.0 Å². The van der Waals surface area contributed by atoms with E-state index in [4.69, 9.17) is 0 Å². The lowest BCUT2D eigenvalue weighted by Crippen LogP contribution is -2.45. The minimum Gasteiger partial charge on any atom is -0.354 e. The molecule has 31 heavy (non-hydrogen) atoms. The Morgan fingerprint density at radius 2 is 1.97 bits per heavy atom. The van der Waals surface area contributed by atoms with E-state index in [0.29, 0.717) is 17.4 Å². The van der Waals surface area contributed by atoms with Gasteiger partial charge in [-0.15, -0.1) is 0 Å². The number of benzene rings is 1. The maximum atomic E-state index is 12.7. The number of rotatable bonds is 6. The SMILES string of the molecule is CN1CCN(c2ncccc2CNC(=O)CCn2cnc3ccc(Br)cc3c2=O)CC1. The third-order valence-corrected chi connectivity index (χ3v) is 6.01. The van der Waals surface area contributed by atoms with E-state index >= 15 is 0 Å². The number of carbonyl (C=O) groups excluding carboxylic acids is 1. The number of carbonyl (C=O) groups is 1. The van der Waals surface area contributed by atoms with E-state index in [9.17, 15) is 9.59 Å². The summed E-state index contributed by atoms with van der Waals surface area (Å²) in [6.45, 7) is 4.51. The normalized spacial score (nSPS) is 14.7. The molecule has 3 aromatic rings. The lowest BCUT2D eigenvalue weighted by Gasteiger charge is -2.34. The van der Waals surface area contributed by atoms with Crippen molar-refractivity contribution >= 4 is 38.6 Å². The molecule has 0 bridgehead atoms. The Morgan fingerprint density at radius 3 is 2.77 bits per heavy atom. The molecule has 1 aliphatic rings. The summed E-state index contributed by atoms with van der Waals surface area (Å²) in [6, 6.07) is 9.28. The van der Waals surface area contributed by atoms with Gasteiger partial charge in [0, 0.05) is 61.9 Å². The van der Waals surface area contributed by atoms with Gasteiger partial charge in [-0.3, -0.25) is 14.2 Å². The smallest absolute Gasteiger partial charge is 0.261 e. The Balaban J connectivity index is 1.37. The predicted molar refractivity (Wildman–Crippen MR) is 124 cm³/mol. The van der Waals surface area contributed by atoms with Crippen LogP contribution >= 0.6 is 15.9 Å². The Bertz CT molecular complexity index is 1140.